The summed E-state index contributed by atoms with van der Waals surface area (Å²) in [5.74, 6) is 5.73. The van der Waals surface area contributed by atoms with Gasteiger partial charge in [-0.25, -0.2) is 0 Å². The molecule has 0 saturated carbocycles. The molecule has 2 aromatic carbocycles. The maximum absolute atomic E-state index is 5.73. The third-order valence-corrected chi connectivity index (χ3v) is 5.08. The number of halogens is 3. The van der Waals surface area contributed by atoms with Gasteiger partial charge in [0, 0.05) is 11.6 Å². The summed E-state index contributed by atoms with van der Waals surface area (Å²) in [6, 6.07) is 14.9. The van der Waals surface area contributed by atoms with Gasteiger partial charge in [-0.15, -0.1) is 0 Å². The molecule has 0 bridgehead atoms. The first-order valence-corrected chi connectivity index (χ1v) is 8.70. The molecule has 0 aromatic heterocycles. The Morgan fingerprint density at radius 1 is 1.11 bits per heavy atom. The third-order valence-electron chi connectivity index (χ3n) is 2.89. The Morgan fingerprint density at radius 3 is 2.42 bits per heavy atom. The smallest absolute Gasteiger partial charge is 0.0511 e. The van der Waals surface area contributed by atoms with Crippen molar-refractivity contribution in [3.8, 4) is 0 Å². The average molecular weight is 543 g/mol. The molecule has 2 aromatic rings. The molecule has 0 spiro atoms. The van der Waals surface area contributed by atoms with Crippen LogP contribution in [0.5, 0.6) is 0 Å². The normalized spacial score (nSPS) is 12.4. The largest absolute Gasteiger partial charge is 0.271 e. The molecule has 3 N–H and O–H groups in total. The van der Waals surface area contributed by atoms with Crippen LogP contribution in [0.1, 0.15) is 17.2 Å². The highest BCUT2D eigenvalue weighted by Crippen LogP contribution is 2.26. The lowest BCUT2D eigenvalue weighted by molar-refractivity contribution is 0.549. The van der Waals surface area contributed by atoms with Crippen LogP contribution in [0.2, 0.25) is 0 Å². The lowest BCUT2D eigenvalue weighted by Gasteiger charge is -2.18. The number of nitrogens with two attached hydrogens (primary N) is 1. The van der Waals surface area contributed by atoms with E-state index >= 15 is 0 Å². The quantitative estimate of drug-likeness (QED) is 0.341. The fraction of sp³-hybridized carbons (Fsp3) is 0.143. The molecule has 0 radical (unpaired) electrons. The molecule has 0 fully saturated rings. The first-order chi connectivity index (χ1) is 9.10. The Labute approximate surface area is 148 Å². The molecule has 5 heteroatoms. The van der Waals surface area contributed by atoms with Gasteiger partial charge in [0.2, 0.25) is 0 Å². The Balaban J connectivity index is 2.24. The van der Waals surface area contributed by atoms with E-state index < -0.39 is 0 Å². The molecule has 2 nitrogen and oxygen atoms in total. The summed E-state index contributed by atoms with van der Waals surface area (Å²) in [4.78, 5) is 0. The van der Waals surface area contributed by atoms with Crippen molar-refractivity contribution in [3.05, 3.63) is 65.2 Å². The summed E-state index contributed by atoms with van der Waals surface area (Å²) in [7, 11) is 0. The minimum absolute atomic E-state index is 0.115. The van der Waals surface area contributed by atoms with Crippen LogP contribution in [-0.2, 0) is 6.42 Å². The van der Waals surface area contributed by atoms with Crippen LogP contribution in [0.15, 0.2) is 46.9 Å². The molecule has 0 aliphatic heterocycles. The minimum Gasteiger partial charge on any atom is -0.271 e. The lowest BCUT2D eigenvalue weighted by Crippen LogP contribution is -2.30. The number of hydrogen-bond acceptors (Lipinski definition) is 2. The Bertz CT molecular complexity index is 558. The van der Waals surface area contributed by atoms with Crippen molar-refractivity contribution in [2.45, 2.75) is 12.5 Å². The summed E-state index contributed by atoms with van der Waals surface area (Å²) < 4.78 is 3.54. The standard InChI is InChI=1S/C14H13BrI2N2/c15-10-3-6-13(17)12(8-10)14(19-18)7-9-1-4-11(16)5-2-9/h1-6,8,14,19H,7,18H2. The van der Waals surface area contributed by atoms with Crippen LogP contribution in [0, 0.1) is 7.14 Å². The van der Waals surface area contributed by atoms with Crippen LogP contribution >= 0.6 is 61.1 Å². The second-order valence-electron chi connectivity index (χ2n) is 4.22. The fourth-order valence-electron chi connectivity index (χ4n) is 1.90. The van der Waals surface area contributed by atoms with Crippen molar-refractivity contribution in [3.63, 3.8) is 0 Å². The molecular weight excluding hydrogens is 530 g/mol. The van der Waals surface area contributed by atoms with Crippen molar-refractivity contribution in [1.82, 2.24) is 5.43 Å². The SMILES string of the molecule is NNC(Cc1ccc(I)cc1)c1cc(Br)ccc1I. The Kier molecular flexibility index (Phi) is 6.07. The van der Waals surface area contributed by atoms with Crippen LogP contribution < -0.4 is 11.3 Å². The lowest BCUT2D eigenvalue weighted by atomic mass is 9.99. The molecule has 100 valence electrons. The van der Waals surface area contributed by atoms with Crippen molar-refractivity contribution < 1.29 is 0 Å². The number of hydrazine groups is 1. The second kappa shape index (κ2) is 7.35. The van der Waals surface area contributed by atoms with Gasteiger partial charge in [-0.3, -0.25) is 11.3 Å². The highest BCUT2D eigenvalue weighted by atomic mass is 127. The first kappa shape index (κ1) is 15.7. The van der Waals surface area contributed by atoms with E-state index in [1.54, 1.807) is 0 Å². The van der Waals surface area contributed by atoms with Gasteiger partial charge in [-0.05, 0) is 93.1 Å². The zero-order valence-electron chi connectivity index (χ0n) is 10.0. The fourth-order valence-corrected chi connectivity index (χ4v) is 3.35. The third kappa shape index (κ3) is 4.38. The second-order valence-corrected chi connectivity index (χ2v) is 7.54. The molecule has 0 aliphatic rings. The van der Waals surface area contributed by atoms with Gasteiger partial charge in [-0.2, -0.15) is 0 Å². The van der Waals surface area contributed by atoms with E-state index in [0.717, 1.165) is 10.9 Å². The summed E-state index contributed by atoms with van der Waals surface area (Å²) in [5, 5.41) is 0. The van der Waals surface area contributed by atoms with Gasteiger partial charge >= 0.3 is 0 Å². The van der Waals surface area contributed by atoms with E-state index in [0.29, 0.717) is 0 Å². The van der Waals surface area contributed by atoms with Crippen molar-refractivity contribution >= 4 is 61.1 Å². The molecular formula is C14H13BrI2N2. The summed E-state index contributed by atoms with van der Waals surface area (Å²) in [6.45, 7) is 0. The maximum atomic E-state index is 5.73. The van der Waals surface area contributed by atoms with E-state index in [1.807, 2.05) is 6.07 Å². The van der Waals surface area contributed by atoms with Crippen molar-refractivity contribution in [2.24, 2.45) is 5.84 Å². The summed E-state index contributed by atoms with van der Waals surface area (Å²) in [6.07, 6.45) is 0.875. The van der Waals surface area contributed by atoms with Gasteiger partial charge < -0.3 is 0 Å². The highest BCUT2D eigenvalue weighted by molar-refractivity contribution is 14.1. The van der Waals surface area contributed by atoms with E-state index in [9.17, 15) is 0 Å². The van der Waals surface area contributed by atoms with Crippen LogP contribution in [0.25, 0.3) is 0 Å². The number of nitrogens with one attached hydrogen (secondary N) is 1. The molecule has 1 unspecified atom stereocenters. The number of rotatable bonds is 4. The minimum atomic E-state index is 0.115. The Hall–Kier alpha value is 0.300. The van der Waals surface area contributed by atoms with E-state index in [4.69, 9.17) is 5.84 Å². The summed E-state index contributed by atoms with van der Waals surface area (Å²) >= 11 is 8.17. The molecule has 0 heterocycles. The monoisotopic (exact) mass is 542 g/mol. The van der Waals surface area contributed by atoms with Gasteiger partial charge in [0.15, 0.2) is 0 Å². The van der Waals surface area contributed by atoms with E-state index in [1.165, 1.54) is 18.3 Å². The highest BCUT2D eigenvalue weighted by Gasteiger charge is 2.14. The summed E-state index contributed by atoms with van der Waals surface area (Å²) in [5.41, 5.74) is 5.42. The predicted octanol–water partition coefficient (Wildman–Crippen LogP) is 4.41. The van der Waals surface area contributed by atoms with Crippen LogP contribution in [-0.4, -0.2) is 0 Å². The molecule has 1 atom stereocenters. The van der Waals surface area contributed by atoms with Crippen LogP contribution in [0.3, 0.4) is 0 Å². The zero-order chi connectivity index (χ0) is 13.8. The number of hydrogen-bond donors (Lipinski definition) is 2. The van der Waals surface area contributed by atoms with Gasteiger partial charge in [0.25, 0.3) is 0 Å². The van der Waals surface area contributed by atoms with Gasteiger partial charge in [-0.1, -0.05) is 28.1 Å². The number of benzene rings is 2. The van der Waals surface area contributed by atoms with Crippen molar-refractivity contribution in [2.75, 3.05) is 0 Å². The molecule has 2 rings (SSSR count). The topological polar surface area (TPSA) is 38.0 Å². The zero-order valence-corrected chi connectivity index (χ0v) is 15.9. The van der Waals surface area contributed by atoms with Gasteiger partial charge in [0.05, 0.1) is 6.04 Å². The molecule has 0 saturated heterocycles. The van der Waals surface area contributed by atoms with Gasteiger partial charge in [0.1, 0.15) is 0 Å². The van der Waals surface area contributed by atoms with E-state index in [-0.39, 0.29) is 6.04 Å². The molecule has 0 aliphatic carbocycles. The molecule has 0 amide bonds. The predicted molar refractivity (Wildman–Crippen MR) is 99.8 cm³/mol. The average Bonchev–Trinajstić information content (AvgIpc) is 2.41. The maximum Gasteiger partial charge on any atom is 0.0511 e. The Morgan fingerprint density at radius 2 is 1.79 bits per heavy atom. The molecule has 19 heavy (non-hydrogen) atoms. The van der Waals surface area contributed by atoms with Crippen LogP contribution in [0.4, 0.5) is 0 Å². The first-order valence-electron chi connectivity index (χ1n) is 5.75. The van der Waals surface area contributed by atoms with E-state index in [2.05, 4.69) is 103 Å². The van der Waals surface area contributed by atoms with Crippen molar-refractivity contribution in [1.29, 1.82) is 0 Å².